The van der Waals surface area contributed by atoms with Gasteiger partial charge in [-0.1, -0.05) is 0 Å². The summed E-state index contributed by atoms with van der Waals surface area (Å²) >= 11 is 3.02. The van der Waals surface area contributed by atoms with Gasteiger partial charge in [0.15, 0.2) is 0 Å². The van der Waals surface area contributed by atoms with E-state index in [-0.39, 0.29) is 15.4 Å². The summed E-state index contributed by atoms with van der Waals surface area (Å²) in [6.07, 6.45) is 3.81. The Labute approximate surface area is 126 Å². The summed E-state index contributed by atoms with van der Waals surface area (Å²) in [5.41, 5.74) is 0. The van der Waals surface area contributed by atoms with Crippen LogP contribution in [0.4, 0.5) is 4.39 Å². The molecule has 0 amide bonds. The third-order valence-corrected chi connectivity index (χ3v) is 6.16. The van der Waals surface area contributed by atoms with Gasteiger partial charge >= 0.3 is 0 Å². The molecule has 0 saturated carbocycles. The number of halogens is 2. The van der Waals surface area contributed by atoms with E-state index in [1.807, 2.05) is 0 Å². The summed E-state index contributed by atoms with van der Waals surface area (Å²) in [4.78, 5) is -0.0240. The summed E-state index contributed by atoms with van der Waals surface area (Å²) in [5.74, 6) is -0.571. The van der Waals surface area contributed by atoms with Gasteiger partial charge in [-0.05, 0) is 59.8 Å². The highest BCUT2D eigenvalue weighted by Crippen LogP contribution is 2.28. The lowest BCUT2D eigenvalue weighted by atomic mass is 10.0. The molecule has 3 rings (SSSR count). The highest BCUT2D eigenvalue weighted by atomic mass is 79.9. The third-order valence-electron chi connectivity index (χ3n) is 4.00. The summed E-state index contributed by atoms with van der Waals surface area (Å²) in [5, 5.41) is 3.46. The third kappa shape index (κ3) is 2.90. The topological polar surface area (TPSA) is 58.2 Å². The number of sulfonamides is 1. The van der Waals surface area contributed by atoms with E-state index in [1.54, 1.807) is 0 Å². The maximum absolute atomic E-state index is 13.5. The Bertz CT molecular complexity index is 611. The minimum atomic E-state index is -3.66. The van der Waals surface area contributed by atoms with Crippen LogP contribution in [0.15, 0.2) is 27.6 Å². The molecule has 2 N–H and O–H groups in total. The van der Waals surface area contributed by atoms with Crippen molar-refractivity contribution < 1.29 is 12.8 Å². The maximum atomic E-state index is 13.5. The first-order chi connectivity index (χ1) is 9.44. The minimum absolute atomic E-state index is 0.0240. The van der Waals surface area contributed by atoms with Crippen LogP contribution in [0.3, 0.4) is 0 Å². The normalized spacial score (nSPS) is 29.6. The van der Waals surface area contributed by atoms with Crippen LogP contribution in [0.2, 0.25) is 0 Å². The minimum Gasteiger partial charge on any atom is -0.311 e. The number of nitrogens with one attached hydrogen (secondary N) is 2. The molecule has 20 heavy (non-hydrogen) atoms. The molecule has 2 atom stereocenters. The molecule has 2 aliphatic heterocycles. The highest BCUT2D eigenvalue weighted by Gasteiger charge is 2.35. The van der Waals surface area contributed by atoms with Crippen molar-refractivity contribution >= 4 is 26.0 Å². The SMILES string of the molecule is O=S(=O)(NC1CC2CCC(C1)N2)c1ccc(Br)c(F)c1. The van der Waals surface area contributed by atoms with Crippen molar-refractivity contribution in [2.75, 3.05) is 0 Å². The zero-order chi connectivity index (χ0) is 14.3. The van der Waals surface area contributed by atoms with Crippen LogP contribution in [0.5, 0.6) is 0 Å². The number of fused-ring (bicyclic) bond motifs is 2. The molecule has 110 valence electrons. The second kappa shape index (κ2) is 5.36. The lowest BCUT2D eigenvalue weighted by Crippen LogP contribution is -2.47. The van der Waals surface area contributed by atoms with Crippen molar-refractivity contribution in [3.63, 3.8) is 0 Å². The molecular formula is C13H16BrFN2O2S. The number of hydrogen-bond donors (Lipinski definition) is 2. The predicted octanol–water partition coefficient (Wildman–Crippen LogP) is 2.15. The van der Waals surface area contributed by atoms with Crippen LogP contribution >= 0.6 is 15.9 Å². The Kier molecular flexibility index (Phi) is 3.87. The van der Waals surface area contributed by atoms with Gasteiger partial charge in [-0.2, -0.15) is 0 Å². The number of piperidine rings is 1. The van der Waals surface area contributed by atoms with E-state index in [2.05, 4.69) is 26.0 Å². The van der Waals surface area contributed by atoms with Gasteiger partial charge in [0.05, 0.1) is 9.37 Å². The zero-order valence-electron chi connectivity index (χ0n) is 10.8. The first kappa shape index (κ1) is 14.4. The largest absolute Gasteiger partial charge is 0.311 e. The monoisotopic (exact) mass is 362 g/mol. The summed E-state index contributed by atoms with van der Waals surface area (Å²) < 4.78 is 41.0. The molecule has 2 saturated heterocycles. The smallest absolute Gasteiger partial charge is 0.240 e. The number of rotatable bonds is 3. The van der Waals surface area contributed by atoms with Gasteiger partial charge in [0.1, 0.15) is 5.82 Å². The maximum Gasteiger partial charge on any atom is 0.240 e. The van der Waals surface area contributed by atoms with Crippen molar-refractivity contribution in [1.82, 2.24) is 10.0 Å². The van der Waals surface area contributed by atoms with E-state index in [0.717, 1.165) is 31.7 Å². The second-order valence-corrected chi connectivity index (χ2v) is 8.07. The molecule has 2 unspecified atom stereocenters. The molecule has 0 aliphatic carbocycles. The van der Waals surface area contributed by atoms with Gasteiger partial charge in [-0.3, -0.25) is 0 Å². The molecule has 7 heteroatoms. The molecule has 2 fully saturated rings. The average molecular weight is 363 g/mol. The summed E-state index contributed by atoms with van der Waals surface area (Å²) in [7, 11) is -3.66. The number of hydrogen-bond acceptors (Lipinski definition) is 3. The van der Waals surface area contributed by atoms with Crippen LogP contribution in [0.25, 0.3) is 0 Å². The molecule has 0 aromatic heterocycles. The fraction of sp³-hybridized carbons (Fsp3) is 0.538. The Balaban J connectivity index is 1.76. The van der Waals surface area contributed by atoms with Crippen LogP contribution in [-0.4, -0.2) is 26.5 Å². The van der Waals surface area contributed by atoms with Crippen LogP contribution in [0, 0.1) is 5.82 Å². The molecule has 4 nitrogen and oxygen atoms in total. The van der Waals surface area contributed by atoms with Gasteiger partial charge < -0.3 is 5.32 Å². The standard InChI is InChI=1S/C13H16BrFN2O2S/c14-12-4-3-11(7-13(12)15)20(18,19)17-10-5-8-1-2-9(6-10)16-8/h3-4,7-10,16-17H,1-2,5-6H2. The van der Waals surface area contributed by atoms with Gasteiger partial charge in [0, 0.05) is 18.1 Å². The van der Waals surface area contributed by atoms with Crippen LogP contribution in [0.1, 0.15) is 25.7 Å². The lowest BCUT2D eigenvalue weighted by Gasteiger charge is -2.29. The van der Waals surface area contributed by atoms with E-state index < -0.39 is 15.8 Å². The Morgan fingerprint density at radius 3 is 2.50 bits per heavy atom. The van der Waals surface area contributed by atoms with E-state index >= 15 is 0 Å². The van der Waals surface area contributed by atoms with Crippen molar-refractivity contribution in [3.8, 4) is 0 Å². The molecule has 2 aliphatic rings. The van der Waals surface area contributed by atoms with Gasteiger partial charge in [-0.25, -0.2) is 17.5 Å². The van der Waals surface area contributed by atoms with E-state index in [0.29, 0.717) is 12.1 Å². The molecule has 2 heterocycles. The lowest BCUT2D eigenvalue weighted by molar-refractivity contribution is 0.345. The Morgan fingerprint density at radius 1 is 1.25 bits per heavy atom. The Hall–Kier alpha value is -0.500. The summed E-state index contributed by atoms with van der Waals surface area (Å²) in [6, 6.07) is 4.61. The quantitative estimate of drug-likeness (QED) is 0.865. The fourth-order valence-corrected chi connectivity index (χ4v) is 4.60. The zero-order valence-corrected chi connectivity index (χ0v) is 13.2. The second-order valence-electron chi connectivity index (χ2n) is 5.50. The molecule has 1 aromatic rings. The summed E-state index contributed by atoms with van der Waals surface area (Å²) in [6.45, 7) is 0. The number of benzene rings is 1. The van der Waals surface area contributed by atoms with E-state index in [4.69, 9.17) is 0 Å². The molecular weight excluding hydrogens is 347 g/mol. The molecule has 1 aromatic carbocycles. The average Bonchev–Trinajstić information content (AvgIpc) is 2.71. The van der Waals surface area contributed by atoms with E-state index in [1.165, 1.54) is 12.1 Å². The molecule has 0 radical (unpaired) electrons. The first-order valence-corrected chi connectivity index (χ1v) is 8.95. The predicted molar refractivity (Wildman–Crippen MR) is 77.4 cm³/mol. The van der Waals surface area contributed by atoms with Crippen LogP contribution in [-0.2, 0) is 10.0 Å². The van der Waals surface area contributed by atoms with Crippen molar-refractivity contribution in [3.05, 3.63) is 28.5 Å². The fourth-order valence-electron chi connectivity index (χ4n) is 3.08. The van der Waals surface area contributed by atoms with E-state index in [9.17, 15) is 12.8 Å². The van der Waals surface area contributed by atoms with Crippen molar-refractivity contribution in [2.24, 2.45) is 0 Å². The first-order valence-electron chi connectivity index (χ1n) is 6.67. The van der Waals surface area contributed by atoms with Gasteiger partial charge in [0.2, 0.25) is 10.0 Å². The highest BCUT2D eigenvalue weighted by molar-refractivity contribution is 9.10. The van der Waals surface area contributed by atoms with Crippen molar-refractivity contribution in [1.29, 1.82) is 0 Å². The van der Waals surface area contributed by atoms with Gasteiger partial charge in [-0.15, -0.1) is 0 Å². The molecule has 2 bridgehead atoms. The molecule has 0 spiro atoms. The Morgan fingerprint density at radius 2 is 1.90 bits per heavy atom. The van der Waals surface area contributed by atoms with Crippen LogP contribution < -0.4 is 10.0 Å². The van der Waals surface area contributed by atoms with Gasteiger partial charge in [0.25, 0.3) is 0 Å². The van der Waals surface area contributed by atoms with Crippen molar-refractivity contribution in [2.45, 2.75) is 48.7 Å².